The maximum Gasteiger partial charge on any atom is 0.416 e. The summed E-state index contributed by atoms with van der Waals surface area (Å²) >= 11 is 0. The van der Waals surface area contributed by atoms with Crippen molar-refractivity contribution in [1.29, 1.82) is 0 Å². The second-order valence-electron chi connectivity index (χ2n) is 5.97. The van der Waals surface area contributed by atoms with Gasteiger partial charge in [-0.2, -0.15) is 18.2 Å². The number of fused-ring (bicyclic) bond motifs is 1. The fraction of sp³-hybridized carbons (Fsp3) is 0.278. The third-order valence-electron chi connectivity index (χ3n) is 4.00. The molecule has 0 fully saturated rings. The van der Waals surface area contributed by atoms with Crippen molar-refractivity contribution < 1.29 is 17.6 Å². The molecule has 0 saturated carbocycles. The molecule has 1 aromatic carbocycles. The van der Waals surface area contributed by atoms with Crippen molar-refractivity contribution in [2.45, 2.75) is 32.5 Å². The summed E-state index contributed by atoms with van der Waals surface area (Å²) in [5.41, 5.74) is -1.30. The van der Waals surface area contributed by atoms with Gasteiger partial charge in [0.15, 0.2) is 0 Å². The minimum atomic E-state index is -4.60. The van der Waals surface area contributed by atoms with Crippen LogP contribution in [0.3, 0.4) is 0 Å². The molecule has 1 N–H and O–H groups in total. The van der Waals surface area contributed by atoms with Crippen LogP contribution in [0.4, 0.5) is 29.2 Å². The number of alkyl halides is 3. The number of nitrogens with zero attached hydrogens (tertiary/aromatic N) is 3. The van der Waals surface area contributed by atoms with Gasteiger partial charge in [-0.05, 0) is 30.7 Å². The summed E-state index contributed by atoms with van der Waals surface area (Å²) < 4.78 is 53.9. The third-order valence-corrected chi connectivity index (χ3v) is 4.00. The van der Waals surface area contributed by atoms with Gasteiger partial charge in [0.25, 0.3) is 5.56 Å². The number of hydrogen-bond donors (Lipinski definition) is 1. The average molecular weight is 380 g/mol. The van der Waals surface area contributed by atoms with Gasteiger partial charge < -0.3 is 5.32 Å². The van der Waals surface area contributed by atoms with Gasteiger partial charge in [0.05, 0.1) is 11.3 Å². The van der Waals surface area contributed by atoms with Gasteiger partial charge in [0.2, 0.25) is 5.95 Å². The van der Waals surface area contributed by atoms with E-state index >= 15 is 0 Å². The molecular formula is C18H16F4N4O. The number of unbranched alkanes of at least 4 members (excludes halogenated alkanes) is 1. The minimum Gasteiger partial charge on any atom is -0.322 e. The van der Waals surface area contributed by atoms with E-state index in [-0.39, 0.29) is 11.5 Å². The second-order valence-corrected chi connectivity index (χ2v) is 5.97. The molecule has 0 aliphatic heterocycles. The van der Waals surface area contributed by atoms with Crippen LogP contribution in [-0.2, 0) is 12.7 Å². The van der Waals surface area contributed by atoms with E-state index in [1.807, 2.05) is 6.92 Å². The van der Waals surface area contributed by atoms with Gasteiger partial charge in [-0.3, -0.25) is 9.36 Å². The van der Waals surface area contributed by atoms with Crippen LogP contribution in [0.15, 0.2) is 41.3 Å². The molecule has 3 rings (SSSR count). The van der Waals surface area contributed by atoms with Crippen molar-refractivity contribution >= 4 is 22.7 Å². The highest BCUT2D eigenvalue weighted by molar-refractivity contribution is 5.75. The summed E-state index contributed by atoms with van der Waals surface area (Å²) in [5, 5.41) is 3.06. The molecule has 0 radical (unpaired) electrons. The molecule has 0 aliphatic rings. The summed E-state index contributed by atoms with van der Waals surface area (Å²) in [7, 11) is 0. The lowest BCUT2D eigenvalue weighted by Crippen LogP contribution is -2.20. The van der Waals surface area contributed by atoms with Gasteiger partial charge in [-0.15, -0.1) is 0 Å². The lowest BCUT2D eigenvalue weighted by molar-refractivity contribution is -0.137. The smallest absolute Gasteiger partial charge is 0.322 e. The van der Waals surface area contributed by atoms with Crippen molar-refractivity contribution in [2.75, 3.05) is 5.32 Å². The molecule has 2 aromatic heterocycles. The van der Waals surface area contributed by atoms with Crippen molar-refractivity contribution in [3.63, 3.8) is 0 Å². The first kappa shape index (κ1) is 18.8. The summed E-state index contributed by atoms with van der Waals surface area (Å²) in [5.74, 6) is -0.972. The van der Waals surface area contributed by atoms with Gasteiger partial charge in [-0.1, -0.05) is 13.3 Å². The molecule has 5 nitrogen and oxygen atoms in total. The summed E-state index contributed by atoms with van der Waals surface area (Å²) in [6, 6.07) is 5.00. The molecule has 0 saturated heterocycles. The molecule has 0 amide bonds. The van der Waals surface area contributed by atoms with Gasteiger partial charge in [-0.25, -0.2) is 9.37 Å². The first-order chi connectivity index (χ1) is 12.8. The predicted octanol–water partition coefficient (Wildman–Crippen LogP) is 4.49. The van der Waals surface area contributed by atoms with E-state index in [0.717, 1.165) is 18.9 Å². The standard InChI is InChI=1S/C18H16F4N4O/c1-2-3-8-26-15(27)7-4-11-10-23-17(25-16(11)26)24-14-9-12(18(20,21)22)5-6-13(14)19/h4-7,9-10H,2-3,8H2,1H3,(H,23,24,25). The summed E-state index contributed by atoms with van der Waals surface area (Å²) in [6.45, 7) is 2.43. The number of anilines is 2. The number of halogens is 4. The molecule has 0 bridgehead atoms. The first-order valence-electron chi connectivity index (χ1n) is 8.30. The molecule has 0 atom stereocenters. The van der Waals surface area contributed by atoms with Crippen LogP contribution < -0.4 is 10.9 Å². The largest absolute Gasteiger partial charge is 0.416 e. The van der Waals surface area contributed by atoms with Gasteiger partial charge >= 0.3 is 6.18 Å². The van der Waals surface area contributed by atoms with E-state index in [1.54, 1.807) is 6.07 Å². The van der Waals surface area contributed by atoms with Crippen molar-refractivity contribution in [1.82, 2.24) is 14.5 Å². The van der Waals surface area contributed by atoms with Crippen molar-refractivity contribution in [3.05, 3.63) is 58.3 Å². The number of aromatic nitrogens is 3. The molecule has 142 valence electrons. The van der Waals surface area contributed by atoms with Crippen molar-refractivity contribution in [3.8, 4) is 0 Å². The SMILES string of the molecule is CCCCn1c(=O)ccc2cnc(Nc3cc(C(F)(F)F)ccc3F)nc21. The Morgan fingerprint density at radius 3 is 2.67 bits per heavy atom. The van der Waals surface area contributed by atoms with Crippen LogP contribution in [-0.4, -0.2) is 14.5 Å². The first-order valence-corrected chi connectivity index (χ1v) is 8.30. The quantitative estimate of drug-likeness (QED) is 0.663. The van der Waals surface area contributed by atoms with E-state index in [4.69, 9.17) is 0 Å². The highest BCUT2D eigenvalue weighted by atomic mass is 19.4. The monoisotopic (exact) mass is 380 g/mol. The van der Waals surface area contributed by atoms with Crippen LogP contribution in [0.1, 0.15) is 25.3 Å². The van der Waals surface area contributed by atoms with E-state index in [1.165, 1.54) is 16.8 Å². The topological polar surface area (TPSA) is 59.8 Å². The van der Waals surface area contributed by atoms with Gasteiger partial charge in [0, 0.05) is 24.2 Å². The van der Waals surface area contributed by atoms with E-state index in [0.29, 0.717) is 29.7 Å². The summed E-state index contributed by atoms with van der Waals surface area (Å²) in [6.07, 6.45) is -1.55. The van der Waals surface area contributed by atoms with E-state index < -0.39 is 23.2 Å². The fourth-order valence-electron chi connectivity index (χ4n) is 2.58. The molecule has 0 unspecified atom stereocenters. The van der Waals surface area contributed by atoms with Crippen LogP contribution >= 0.6 is 0 Å². The van der Waals surface area contributed by atoms with E-state index in [9.17, 15) is 22.4 Å². The lowest BCUT2D eigenvalue weighted by Gasteiger charge is -2.12. The molecule has 0 spiro atoms. The Balaban J connectivity index is 2.02. The highest BCUT2D eigenvalue weighted by Gasteiger charge is 2.31. The van der Waals surface area contributed by atoms with Crippen LogP contribution in [0.5, 0.6) is 0 Å². The zero-order valence-electron chi connectivity index (χ0n) is 14.3. The second kappa shape index (κ2) is 7.34. The zero-order chi connectivity index (χ0) is 19.6. The van der Waals surface area contributed by atoms with Crippen LogP contribution in [0.25, 0.3) is 11.0 Å². The molecule has 27 heavy (non-hydrogen) atoms. The van der Waals surface area contributed by atoms with Crippen LogP contribution in [0.2, 0.25) is 0 Å². The Morgan fingerprint density at radius 1 is 1.19 bits per heavy atom. The molecule has 9 heteroatoms. The average Bonchev–Trinajstić information content (AvgIpc) is 2.62. The normalized spacial score (nSPS) is 11.7. The minimum absolute atomic E-state index is 0.100. The number of rotatable bonds is 5. The number of nitrogens with one attached hydrogen (secondary N) is 1. The Hall–Kier alpha value is -2.97. The predicted molar refractivity (Wildman–Crippen MR) is 93.4 cm³/mol. The molecule has 2 heterocycles. The Morgan fingerprint density at radius 2 is 1.96 bits per heavy atom. The highest BCUT2D eigenvalue weighted by Crippen LogP contribution is 2.32. The number of benzene rings is 1. The fourth-order valence-corrected chi connectivity index (χ4v) is 2.58. The van der Waals surface area contributed by atoms with E-state index in [2.05, 4.69) is 15.3 Å². The molecule has 3 aromatic rings. The van der Waals surface area contributed by atoms with Crippen LogP contribution in [0, 0.1) is 5.82 Å². The third kappa shape index (κ3) is 4.07. The molecular weight excluding hydrogens is 364 g/mol. The Labute approximate surface area is 151 Å². The zero-order valence-corrected chi connectivity index (χ0v) is 14.3. The van der Waals surface area contributed by atoms with Crippen molar-refractivity contribution in [2.24, 2.45) is 0 Å². The lowest BCUT2D eigenvalue weighted by atomic mass is 10.2. The number of pyridine rings is 1. The maximum atomic E-state index is 13.9. The number of hydrogen-bond acceptors (Lipinski definition) is 4. The Kier molecular flexibility index (Phi) is 5.11. The molecule has 0 aliphatic carbocycles. The number of aryl methyl sites for hydroxylation is 1. The Bertz CT molecular complexity index is 1030. The summed E-state index contributed by atoms with van der Waals surface area (Å²) in [4.78, 5) is 20.3. The van der Waals surface area contributed by atoms with Gasteiger partial charge in [0.1, 0.15) is 11.5 Å². The maximum absolute atomic E-state index is 13.9.